The maximum absolute atomic E-state index is 13.9. The summed E-state index contributed by atoms with van der Waals surface area (Å²) in [4.78, 5) is 41.7. The predicted molar refractivity (Wildman–Crippen MR) is 446 cm³/mol. The molecule has 18 heteroatoms. The van der Waals surface area contributed by atoms with Crippen LogP contribution < -0.4 is 56.8 Å². The third-order valence-corrected chi connectivity index (χ3v) is 19.6. The normalized spacial score (nSPS) is 11.6. The molecule has 0 aliphatic heterocycles. The molecule has 12 aromatic carbocycles. The Balaban J connectivity index is 1.11. The maximum Gasteiger partial charge on any atom is 0.344 e. The van der Waals surface area contributed by atoms with Gasteiger partial charge in [-0.05, 0) is 127 Å². The average molecular weight is 1570 g/mol. The lowest BCUT2D eigenvalue weighted by molar-refractivity contribution is -0.146. The second-order valence-electron chi connectivity index (χ2n) is 28.0. The Morgan fingerprint density at radius 3 is 0.521 bits per heavy atom. The van der Waals surface area contributed by atoms with E-state index in [-0.39, 0.29) is 98.0 Å². The highest BCUT2D eigenvalue weighted by Gasteiger charge is 2.29. The van der Waals surface area contributed by atoms with Gasteiger partial charge in [0.2, 0.25) is 0 Å². The maximum atomic E-state index is 13.9. The zero-order valence-electron chi connectivity index (χ0n) is 66.8. The number of hydrogen-bond acceptors (Lipinski definition) is 18. The lowest BCUT2D eigenvalue weighted by Crippen LogP contribution is -2.17. The van der Waals surface area contributed by atoms with E-state index >= 15 is 0 Å². The summed E-state index contributed by atoms with van der Waals surface area (Å²) in [6, 6.07) is 82.7. The van der Waals surface area contributed by atoms with Gasteiger partial charge in [0.25, 0.3) is 0 Å². The number of fused-ring (bicyclic) bond motifs is 12. The fourth-order valence-electron chi connectivity index (χ4n) is 14.4. The Labute approximate surface area is 683 Å². The molecule has 0 spiro atoms. The molecular weight excluding hydrogens is 1480 g/mol. The fourth-order valence-corrected chi connectivity index (χ4v) is 14.4. The van der Waals surface area contributed by atoms with E-state index in [1.807, 2.05) is 255 Å². The minimum atomic E-state index is -0.584. The monoisotopic (exact) mass is 1570 g/mol. The van der Waals surface area contributed by atoms with E-state index in [1.54, 1.807) is 42.1 Å². The highest BCUT2D eigenvalue weighted by atomic mass is 16.6. The molecule has 12 aromatic rings. The van der Waals surface area contributed by atoms with Gasteiger partial charge in [-0.15, -0.1) is 0 Å². The lowest BCUT2D eigenvalue weighted by atomic mass is 9.90. The molecule has 1 aliphatic rings. The van der Waals surface area contributed by atoms with Crippen LogP contribution in [-0.4, -0.2) is 78.9 Å². The van der Waals surface area contributed by atoms with Gasteiger partial charge in [-0.2, -0.15) is 0 Å². The zero-order chi connectivity index (χ0) is 81.1. The van der Waals surface area contributed by atoms with Crippen molar-refractivity contribution in [2.45, 2.75) is 98.9 Å². The van der Waals surface area contributed by atoms with Crippen molar-refractivity contribution in [2.24, 2.45) is 0 Å². The third kappa shape index (κ3) is 22.6. The number of carbonyl (C=O) groups excluding carboxylic acids is 3. The van der Waals surface area contributed by atoms with E-state index in [2.05, 4.69) is 0 Å². The summed E-state index contributed by atoms with van der Waals surface area (Å²) in [5, 5.41) is 0. The highest BCUT2D eigenvalue weighted by Crippen LogP contribution is 2.46. The largest absolute Gasteiger partial charge is 0.496 e. The van der Waals surface area contributed by atoms with E-state index in [4.69, 9.17) is 71.1 Å². The Bertz CT molecular complexity index is 4620. The number of ether oxygens (including phenoxy) is 15. The van der Waals surface area contributed by atoms with Crippen molar-refractivity contribution < 1.29 is 85.4 Å². The number of esters is 3. The molecule has 600 valence electrons. The van der Waals surface area contributed by atoms with Crippen molar-refractivity contribution in [1.29, 1.82) is 0 Å². The molecule has 18 nitrogen and oxygen atoms in total. The lowest BCUT2D eigenvalue weighted by Gasteiger charge is -2.24. The molecule has 0 radical (unpaired) electrons. The van der Waals surface area contributed by atoms with Crippen LogP contribution in [-0.2, 0) is 107 Å². The summed E-state index contributed by atoms with van der Waals surface area (Å²) >= 11 is 0. The molecule has 0 unspecified atom stereocenters. The summed E-state index contributed by atoms with van der Waals surface area (Å²) in [5.41, 5.74) is 13.2. The van der Waals surface area contributed by atoms with Gasteiger partial charge < -0.3 is 71.1 Å². The Morgan fingerprint density at radius 2 is 0.376 bits per heavy atom. The molecule has 0 aromatic heterocycles. The summed E-state index contributed by atoms with van der Waals surface area (Å²) < 4.78 is 99.1. The van der Waals surface area contributed by atoms with Crippen LogP contribution in [0.2, 0.25) is 0 Å². The fraction of sp³-hybridized carbons (Fsp3) is 0.242. The SMILES string of the molecule is CCOC(=O)COc1c2cc(OCc3ccccc3)cc1Cc1cc(OCc3ccccc3)cc(c1OC)Cc1cc(OCc3ccccc3)cc(c1OCC(=O)OCC)Cc1cc(OCc3ccccc3)cc(c1OC)Cc1cc(OCc3ccccc3)cc(c1OCC(=O)OCC)Cc1cc(OCc3ccccc3)cc(c1OC)C2. The second-order valence-corrected chi connectivity index (χ2v) is 28.0. The zero-order valence-corrected chi connectivity index (χ0v) is 66.8. The van der Waals surface area contributed by atoms with Crippen molar-refractivity contribution >= 4 is 17.9 Å². The first-order valence-electron chi connectivity index (χ1n) is 39.3. The molecule has 0 saturated heterocycles. The number of rotatable bonds is 33. The molecule has 0 heterocycles. The highest BCUT2D eigenvalue weighted by molar-refractivity contribution is 5.73. The molecular formula is C99H96O18. The molecule has 13 rings (SSSR count). The first kappa shape index (κ1) is 81.7. The molecule has 0 atom stereocenters. The minimum absolute atomic E-state index is 0.108. The van der Waals surface area contributed by atoms with Gasteiger partial charge in [0.15, 0.2) is 19.8 Å². The predicted octanol–water partition coefficient (Wildman–Crippen LogP) is 18.9. The number of carbonyl (C=O) groups is 3. The van der Waals surface area contributed by atoms with Crippen LogP contribution in [0.15, 0.2) is 255 Å². The van der Waals surface area contributed by atoms with Crippen molar-refractivity contribution in [3.05, 3.63) is 355 Å². The van der Waals surface area contributed by atoms with Gasteiger partial charge in [0.1, 0.15) is 109 Å². The van der Waals surface area contributed by atoms with E-state index in [0.717, 1.165) is 33.4 Å². The van der Waals surface area contributed by atoms with E-state index < -0.39 is 37.7 Å². The number of benzene rings is 12. The number of hydrogen-bond donors (Lipinski definition) is 0. The topological polar surface area (TPSA) is 190 Å². The van der Waals surface area contributed by atoms with Crippen molar-refractivity contribution in [3.63, 3.8) is 0 Å². The summed E-state index contributed by atoms with van der Waals surface area (Å²) in [5.74, 6) is 3.79. The van der Waals surface area contributed by atoms with E-state index in [1.165, 1.54) is 0 Å². The van der Waals surface area contributed by atoms with Gasteiger partial charge in [-0.25, -0.2) is 14.4 Å². The standard InChI is InChI=1S/C99H96O18/c1-7-106-91(100)64-115-97-79-40-73-46-85(109-58-67-28-16-10-17-29-67)48-75(94(73)103-4)42-81-54-89(113-62-71-36-24-14-25-37-71)56-83(98(81)116-65-92(101)107-8-2)44-77-50-87(111-60-69-32-20-12-21-33-69)51-78(96(77)105-6)45-84-57-90(114-63-72-38-26-15-27-39-72)55-82(99(84)117-66-93(102)108-9-3)43-76-49-86(110-59-68-30-18-11-19-31-68)47-74(95(76)104-5)41-80(97)53-88(52-79)112-61-70-34-22-13-23-35-70/h10-39,46-57H,7-9,40-45,58-66H2,1-6H3. The van der Waals surface area contributed by atoms with Crippen LogP contribution in [0.1, 0.15) is 121 Å². The van der Waals surface area contributed by atoms with Gasteiger partial charge in [0.05, 0.1) is 41.2 Å². The average Bonchev–Trinajstić information content (AvgIpc) is 0.779. The number of methoxy groups -OCH3 is 3. The quantitative estimate of drug-likeness (QED) is 0.0278. The smallest absolute Gasteiger partial charge is 0.344 e. The summed E-state index contributed by atoms with van der Waals surface area (Å²) in [6.07, 6.45) is 0.649. The van der Waals surface area contributed by atoms with Gasteiger partial charge >= 0.3 is 17.9 Å². The van der Waals surface area contributed by atoms with Gasteiger partial charge in [0, 0.05) is 105 Å². The minimum Gasteiger partial charge on any atom is -0.496 e. The molecule has 0 fully saturated rings. The Kier molecular flexibility index (Phi) is 28.7. The van der Waals surface area contributed by atoms with E-state index in [0.29, 0.717) is 136 Å². The second kappa shape index (κ2) is 41.1. The summed E-state index contributed by atoms with van der Waals surface area (Å²) in [7, 11) is 4.89. The Hall–Kier alpha value is -13.4. The summed E-state index contributed by atoms with van der Waals surface area (Å²) in [6.45, 7) is 5.43. The molecule has 1 aliphatic carbocycles. The van der Waals surface area contributed by atoms with Crippen LogP contribution in [0.4, 0.5) is 0 Å². The molecule has 0 N–H and O–H groups in total. The van der Waals surface area contributed by atoms with Crippen LogP contribution in [0.25, 0.3) is 0 Å². The molecule has 0 saturated carbocycles. The Morgan fingerprint density at radius 1 is 0.222 bits per heavy atom. The van der Waals surface area contributed by atoms with Crippen LogP contribution >= 0.6 is 0 Å². The molecule has 12 bridgehead atoms. The van der Waals surface area contributed by atoms with Crippen molar-refractivity contribution in [3.8, 4) is 69.0 Å². The first-order chi connectivity index (χ1) is 57.4. The third-order valence-electron chi connectivity index (χ3n) is 19.6. The van der Waals surface area contributed by atoms with Crippen LogP contribution in [0, 0.1) is 0 Å². The van der Waals surface area contributed by atoms with Crippen molar-refractivity contribution in [2.75, 3.05) is 61.0 Å². The van der Waals surface area contributed by atoms with Gasteiger partial charge in [-0.1, -0.05) is 182 Å². The molecule has 0 amide bonds. The van der Waals surface area contributed by atoms with Crippen LogP contribution in [0.5, 0.6) is 69.0 Å². The van der Waals surface area contributed by atoms with Crippen LogP contribution in [0.3, 0.4) is 0 Å². The van der Waals surface area contributed by atoms with E-state index in [9.17, 15) is 14.4 Å². The van der Waals surface area contributed by atoms with Gasteiger partial charge in [-0.3, -0.25) is 0 Å². The first-order valence-corrected chi connectivity index (χ1v) is 39.3. The van der Waals surface area contributed by atoms with Crippen molar-refractivity contribution in [1.82, 2.24) is 0 Å². The molecule has 117 heavy (non-hydrogen) atoms.